The number of nitrogens with one attached hydrogen (secondary N) is 1. The predicted octanol–water partition coefficient (Wildman–Crippen LogP) is 0.430. The van der Waals surface area contributed by atoms with Crippen molar-refractivity contribution in [3.05, 3.63) is 29.7 Å². The molecular formula is C13H16N4O3S. The SMILES string of the molecule is COC(=O)CCNC(=O)CN1C=CC(c2ncns2)=CC1. The fourth-order valence-electron chi connectivity index (χ4n) is 1.75. The van der Waals surface area contributed by atoms with Crippen LogP contribution in [-0.2, 0) is 14.3 Å². The zero-order valence-electron chi connectivity index (χ0n) is 11.6. The Bertz CT molecular complexity index is 554. The lowest BCUT2D eigenvalue weighted by molar-refractivity contribution is -0.140. The van der Waals surface area contributed by atoms with E-state index in [1.807, 2.05) is 23.3 Å². The van der Waals surface area contributed by atoms with Gasteiger partial charge in [0.2, 0.25) is 5.91 Å². The van der Waals surface area contributed by atoms with Gasteiger partial charge >= 0.3 is 5.97 Å². The maximum Gasteiger partial charge on any atom is 0.307 e. The number of aromatic nitrogens is 2. The van der Waals surface area contributed by atoms with Gasteiger partial charge in [-0.15, -0.1) is 0 Å². The van der Waals surface area contributed by atoms with E-state index in [9.17, 15) is 9.59 Å². The number of hydrogen-bond donors (Lipinski definition) is 1. The standard InChI is InChI=1S/C13H16N4O3S/c1-20-12(19)2-5-14-11(18)8-17-6-3-10(4-7-17)13-15-9-16-21-13/h3-4,6,9H,2,5,7-8H2,1H3,(H,14,18). The summed E-state index contributed by atoms with van der Waals surface area (Å²) in [5, 5.41) is 3.55. The molecule has 112 valence electrons. The van der Waals surface area contributed by atoms with E-state index >= 15 is 0 Å². The van der Waals surface area contributed by atoms with Gasteiger partial charge in [0.25, 0.3) is 0 Å². The van der Waals surface area contributed by atoms with Crippen LogP contribution in [0.25, 0.3) is 5.57 Å². The highest BCUT2D eigenvalue weighted by atomic mass is 32.1. The summed E-state index contributed by atoms with van der Waals surface area (Å²) >= 11 is 1.34. The minimum Gasteiger partial charge on any atom is -0.469 e. The summed E-state index contributed by atoms with van der Waals surface area (Å²) < 4.78 is 8.46. The quantitative estimate of drug-likeness (QED) is 0.767. The number of carbonyl (C=O) groups excluding carboxylic acids is 2. The molecule has 8 heteroatoms. The number of rotatable bonds is 6. The number of ether oxygens (including phenoxy) is 1. The number of esters is 1. The zero-order chi connectivity index (χ0) is 15.1. The second-order valence-corrected chi connectivity index (χ2v) is 5.11. The molecule has 0 aliphatic carbocycles. The van der Waals surface area contributed by atoms with Gasteiger partial charge in [0.05, 0.1) is 20.1 Å². The number of carbonyl (C=O) groups is 2. The molecule has 1 aromatic heterocycles. The molecule has 1 aliphatic rings. The van der Waals surface area contributed by atoms with Crippen LogP contribution >= 0.6 is 11.5 Å². The monoisotopic (exact) mass is 308 g/mol. The van der Waals surface area contributed by atoms with Gasteiger partial charge in [-0.25, -0.2) is 4.98 Å². The number of allylic oxidation sites excluding steroid dienone is 2. The van der Waals surface area contributed by atoms with Crippen molar-refractivity contribution < 1.29 is 14.3 Å². The van der Waals surface area contributed by atoms with Crippen LogP contribution in [0.4, 0.5) is 0 Å². The third-order valence-electron chi connectivity index (χ3n) is 2.84. The van der Waals surface area contributed by atoms with Crippen LogP contribution in [0.5, 0.6) is 0 Å². The molecule has 0 saturated carbocycles. The first-order valence-electron chi connectivity index (χ1n) is 6.42. The van der Waals surface area contributed by atoms with E-state index in [1.165, 1.54) is 25.0 Å². The van der Waals surface area contributed by atoms with Crippen LogP contribution in [0.3, 0.4) is 0 Å². The van der Waals surface area contributed by atoms with E-state index < -0.39 is 0 Å². The second kappa shape index (κ2) is 7.53. The van der Waals surface area contributed by atoms with Crippen molar-refractivity contribution in [2.24, 2.45) is 0 Å². The molecule has 1 aromatic rings. The van der Waals surface area contributed by atoms with E-state index in [-0.39, 0.29) is 31.4 Å². The van der Waals surface area contributed by atoms with Gasteiger partial charge in [-0.2, -0.15) is 4.37 Å². The Hall–Kier alpha value is -2.22. The van der Waals surface area contributed by atoms with Gasteiger partial charge in [-0.1, -0.05) is 6.08 Å². The summed E-state index contributed by atoms with van der Waals surface area (Å²) in [6, 6.07) is 0. The molecule has 0 radical (unpaired) electrons. The molecule has 21 heavy (non-hydrogen) atoms. The first-order chi connectivity index (χ1) is 10.2. The molecule has 1 N–H and O–H groups in total. The first kappa shape index (κ1) is 15.2. The van der Waals surface area contributed by atoms with Gasteiger partial charge < -0.3 is 15.0 Å². The first-order valence-corrected chi connectivity index (χ1v) is 7.19. The summed E-state index contributed by atoms with van der Waals surface area (Å²) in [6.07, 6.45) is 7.47. The van der Waals surface area contributed by atoms with Gasteiger partial charge in [0, 0.05) is 24.9 Å². The molecule has 0 fully saturated rings. The maximum absolute atomic E-state index is 11.7. The maximum atomic E-state index is 11.7. The minimum atomic E-state index is -0.335. The van der Waals surface area contributed by atoms with Crippen LogP contribution in [0.2, 0.25) is 0 Å². The predicted molar refractivity (Wildman–Crippen MR) is 78.2 cm³/mol. The lowest BCUT2D eigenvalue weighted by Gasteiger charge is -2.21. The van der Waals surface area contributed by atoms with Crippen molar-refractivity contribution in [2.45, 2.75) is 6.42 Å². The molecule has 0 saturated heterocycles. The highest BCUT2D eigenvalue weighted by molar-refractivity contribution is 7.06. The van der Waals surface area contributed by atoms with Crippen molar-refractivity contribution in [2.75, 3.05) is 26.7 Å². The molecule has 0 unspecified atom stereocenters. The molecule has 0 aromatic carbocycles. The number of hydrogen-bond acceptors (Lipinski definition) is 7. The Balaban J connectivity index is 1.72. The largest absolute Gasteiger partial charge is 0.469 e. The number of nitrogens with zero attached hydrogens (tertiary/aromatic N) is 3. The molecule has 2 rings (SSSR count). The summed E-state index contributed by atoms with van der Waals surface area (Å²) in [5.74, 6) is -0.464. The van der Waals surface area contributed by atoms with Crippen molar-refractivity contribution >= 4 is 29.0 Å². The van der Waals surface area contributed by atoms with Gasteiger partial charge in [0.1, 0.15) is 11.3 Å². The summed E-state index contributed by atoms with van der Waals surface area (Å²) in [4.78, 5) is 28.6. The molecule has 0 bridgehead atoms. The lowest BCUT2D eigenvalue weighted by atomic mass is 10.2. The van der Waals surface area contributed by atoms with Crippen LogP contribution in [0, 0.1) is 0 Å². The highest BCUT2D eigenvalue weighted by Crippen LogP contribution is 2.19. The minimum absolute atomic E-state index is 0.128. The number of amides is 1. The third kappa shape index (κ3) is 4.67. The van der Waals surface area contributed by atoms with Gasteiger partial charge in [-0.3, -0.25) is 9.59 Å². The Labute approximate surface area is 126 Å². The highest BCUT2D eigenvalue weighted by Gasteiger charge is 2.12. The molecule has 1 aliphatic heterocycles. The summed E-state index contributed by atoms with van der Waals surface area (Å²) in [6.45, 7) is 1.17. The fourth-order valence-corrected chi connectivity index (χ4v) is 2.30. The molecular weight excluding hydrogens is 292 g/mol. The van der Waals surface area contributed by atoms with Crippen molar-refractivity contribution in [1.82, 2.24) is 19.6 Å². The summed E-state index contributed by atoms with van der Waals surface area (Å²) in [7, 11) is 1.32. The molecule has 0 spiro atoms. The van der Waals surface area contributed by atoms with Crippen LogP contribution in [-0.4, -0.2) is 52.9 Å². The van der Waals surface area contributed by atoms with E-state index in [0.29, 0.717) is 6.54 Å². The van der Waals surface area contributed by atoms with E-state index in [4.69, 9.17) is 0 Å². The zero-order valence-corrected chi connectivity index (χ0v) is 12.4. The fraction of sp³-hybridized carbons (Fsp3) is 0.385. The van der Waals surface area contributed by atoms with Crippen LogP contribution in [0.1, 0.15) is 11.4 Å². The smallest absolute Gasteiger partial charge is 0.307 e. The Morgan fingerprint density at radius 2 is 2.38 bits per heavy atom. The van der Waals surface area contributed by atoms with E-state index in [1.54, 1.807) is 0 Å². The normalized spacial score (nSPS) is 13.8. The Kier molecular flexibility index (Phi) is 5.44. The van der Waals surface area contributed by atoms with Crippen LogP contribution < -0.4 is 5.32 Å². The van der Waals surface area contributed by atoms with Crippen molar-refractivity contribution in [1.29, 1.82) is 0 Å². The lowest BCUT2D eigenvalue weighted by Crippen LogP contribution is -2.36. The Morgan fingerprint density at radius 3 is 3.00 bits per heavy atom. The number of methoxy groups -OCH3 is 1. The summed E-state index contributed by atoms with van der Waals surface area (Å²) in [5.41, 5.74) is 1.01. The molecule has 7 nitrogen and oxygen atoms in total. The van der Waals surface area contributed by atoms with Crippen molar-refractivity contribution in [3.63, 3.8) is 0 Å². The van der Waals surface area contributed by atoms with E-state index in [2.05, 4.69) is 19.4 Å². The average molecular weight is 308 g/mol. The Morgan fingerprint density at radius 1 is 1.52 bits per heavy atom. The van der Waals surface area contributed by atoms with Crippen LogP contribution in [0.15, 0.2) is 24.7 Å². The van der Waals surface area contributed by atoms with E-state index in [0.717, 1.165) is 10.6 Å². The van der Waals surface area contributed by atoms with Crippen molar-refractivity contribution in [3.8, 4) is 0 Å². The third-order valence-corrected chi connectivity index (χ3v) is 3.56. The average Bonchev–Trinajstić information content (AvgIpc) is 3.02. The molecule has 2 heterocycles. The van der Waals surface area contributed by atoms with Gasteiger partial charge in [0.15, 0.2) is 0 Å². The topological polar surface area (TPSA) is 84.4 Å². The second-order valence-electron chi connectivity index (χ2n) is 4.33. The van der Waals surface area contributed by atoms with Gasteiger partial charge in [-0.05, 0) is 17.6 Å². The molecule has 1 amide bonds. The molecule has 0 atom stereocenters.